The van der Waals surface area contributed by atoms with Crippen LogP contribution in [0.4, 0.5) is 11.6 Å². The van der Waals surface area contributed by atoms with Crippen LogP contribution in [0.25, 0.3) is 5.65 Å². The number of nitrogens with one attached hydrogen (secondary N) is 1. The SMILES string of the molecule is Nc1ccc2nc(NC(=O)COc3ccccc3)nn2c1. The van der Waals surface area contributed by atoms with E-state index in [1.54, 1.807) is 30.5 Å². The average molecular weight is 283 g/mol. The molecule has 0 bridgehead atoms. The molecular weight excluding hydrogens is 270 g/mol. The first-order valence-corrected chi connectivity index (χ1v) is 6.30. The van der Waals surface area contributed by atoms with Crippen LogP contribution in [0.15, 0.2) is 48.7 Å². The molecule has 2 heterocycles. The van der Waals surface area contributed by atoms with Crippen molar-refractivity contribution in [1.29, 1.82) is 0 Å². The van der Waals surface area contributed by atoms with Gasteiger partial charge in [-0.05, 0) is 24.3 Å². The largest absolute Gasteiger partial charge is 0.484 e. The van der Waals surface area contributed by atoms with Gasteiger partial charge in [0, 0.05) is 0 Å². The van der Waals surface area contributed by atoms with Crippen LogP contribution < -0.4 is 15.8 Å². The van der Waals surface area contributed by atoms with Gasteiger partial charge in [-0.3, -0.25) is 10.1 Å². The van der Waals surface area contributed by atoms with Crippen LogP contribution in [0.5, 0.6) is 5.75 Å². The standard InChI is InChI=1S/C14H13N5O2/c15-10-6-7-12-16-14(18-19(12)8-10)17-13(20)9-21-11-4-2-1-3-5-11/h1-8H,9,15H2,(H,17,18,20). The fourth-order valence-electron chi connectivity index (χ4n) is 1.78. The number of nitrogens with two attached hydrogens (primary N) is 1. The lowest BCUT2D eigenvalue weighted by atomic mass is 10.3. The first kappa shape index (κ1) is 12.9. The van der Waals surface area contributed by atoms with Crippen molar-refractivity contribution in [1.82, 2.24) is 14.6 Å². The lowest BCUT2D eigenvalue weighted by Crippen LogP contribution is -2.20. The van der Waals surface area contributed by atoms with Crippen molar-refractivity contribution in [3.05, 3.63) is 48.7 Å². The fraction of sp³-hybridized carbons (Fsp3) is 0.0714. The van der Waals surface area contributed by atoms with Crippen molar-refractivity contribution < 1.29 is 9.53 Å². The zero-order chi connectivity index (χ0) is 14.7. The molecule has 106 valence electrons. The number of carbonyl (C=O) groups is 1. The number of para-hydroxylation sites is 1. The van der Waals surface area contributed by atoms with Gasteiger partial charge in [0.1, 0.15) is 5.75 Å². The Morgan fingerprint density at radius 1 is 1.24 bits per heavy atom. The van der Waals surface area contributed by atoms with Crippen LogP contribution in [0.3, 0.4) is 0 Å². The molecule has 21 heavy (non-hydrogen) atoms. The number of carbonyl (C=O) groups excluding carboxylic acids is 1. The van der Waals surface area contributed by atoms with E-state index in [9.17, 15) is 4.79 Å². The van der Waals surface area contributed by atoms with Gasteiger partial charge in [0.15, 0.2) is 12.3 Å². The molecule has 0 spiro atoms. The molecule has 0 aliphatic carbocycles. The van der Waals surface area contributed by atoms with Gasteiger partial charge in [-0.25, -0.2) is 4.52 Å². The number of hydrogen-bond acceptors (Lipinski definition) is 5. The normalized spacial score (nSPS) is 10.5. The van der Waals surface area contributed by atoms with Crippen molar-refractivity contribution >= 4 is 23.2 Å². The minimum atomic E-state index is -0.331. The van der Waals surface area contributed by atoms with E-state index in [1.807, 2.05) is 18.2 Å². The van der Waals surface area contributed by atoms with Gasteiger partial charge < -0.3 is 10.5 Å². The molecule has 0 radical (unpaired) electrons. The van der Waals surface area contributed by atoms with Gasteiger partial charge in [0.25, 0.3) is 5.91 Å². The summed E-state index contributed by atoms with van der Waals surface area (Å²) < 4.78 is 6.84. The second-order valence-electron chi connectivity index (χ2n) is 4.35. The zero-order valence-electron chi connectivity index (χ0n) is 11.1. The van der Waals surface area contributed by atoms with E-state index in [4.69, 9.17) is 10.5 Å². The Balaban J connectivity index is 1.63. The summed E-state index contributed by atoms with van der Waals surface area (Å²) in [4.78, 5) is 15.9. The summed E-state index contributed by atoms with van der Waals surface area (Å²) >= 11 is 0. The third kappa shape index (κ3) is 3.08. The van der Waals surface area contributed by atoms with Gasteiger partial charge in [-0.1, -0.05) is 18.2 Å². The predicted octanol–water partition coefficient (Wildman–Crippen LogP) is 1.33. The molecule has 0 saturated carbocycles. The minimum Gasteiger partial charge on any atom is -0.484 e. The topological polar surface area (TPSA) is 94.5 Å². The maximum atomic E-state index is 11.8. The van der Waals surface area contributed by atoms with Crippen LogP contribution in [0.1, 0.15) is 0 Å². The number of rotatable bonds is 4. The van der Waals surface area contributed by atoms with E-state index in [1.165, 1.54) is 4.52 Å². The first-order valence-electron chi connectivity index (χ1n) is 6.30. The Bertz CT molecular complexity index is 769. The Morgan fingerprint density at radius 2 is 2.05 bits per heavy atom. The average Bonchev–Trinajstić information content (AvgIpc) is 2.87. The molecule has 0 atom stereocenters. The molecular formula is C14H13N5O2. The Morgan fingerprint density at radius 3 is 2.86 bits per heavy atom. The Hall–Kier alpha value is -3.09. The van der Waals surface area contributed by atoms with Crippen molar-refractivity contribution in [2.45, 2.75) is 0 Å². The van der Waals surface area contributed by atoms with Crippen LogP contribution in [-0.2, 0) is 4.79 Å². The quantitative estimate of drug-likeness (QED) is 0.753. The third-order valence-electron chi connectivity index (χ3n) is 2.72. The number of anilines is 2. The monoisotopic (exact) mass is 283 g/mol. The summed E-state index contributed by atoms with van der Waals surface area (Å²) in [6.45, 7) is -0.109. The van der Waals surface area contributed by atoms with Crippen molar-refractivity contribution in [3.63, 3.8) is 0 Å². The van der Waals surface area contributed by atoms with E-state index in [0.717, 1.165) is 0 Å². The maximum Gasteiger partial charge on any atom is 0.264 e. The van der Waals surface area contributed by atoms with E-state index in [0.29, 0.717) is 17.1 Å². The first-order chi connectivity index (χ1) is 10.2. The molecule has 1 amide bonds. The molecule has 0 aliphatic heterocycles. The van der Waals surface area contributed by atoms with Crippen LogP contribution in [0.2, 0.25) is 0 Å². The van der Waals surface area contributed by atoms with Gasteiger partial charge in [-0.15, -0.1) is 5.10 Å². The van der Waals surface area contributed by atoms with E-state index >= 15 is 0 Å². The minimum absolute atomic E-state index is 0.109. The number of pyridine rings is 1. The number of hydrogen-bond donors (Lipinski definition) is 2. The van der Waals surface area contributed by atoms with Crippen LogP contribution in [-0.4, -0.2) is 27.1 Å². The highest BCUT2D eigenvalue weighted by molar-refractivity contribution is 5.90. The molecule has 3 rings (SSSR count). The van der Waals surface area contributed by atoms with Crippen molar-refractivity contribution in [2.24, 2.45) is 0 Å². The fourth-order valence-corrected chi connectivity index (χ4v) is 1.78. The summed E-state index contributed by atoms with van der Waals surface area (Å²) in [5, 5.41) is 6.68. The molecule has 7 nitrogen and oxygen atoms in total. The highest BCUT2D eigenvalue weighted by atomic mass is 16.5. The summed E-state index contributed by atoms with van der Waals surface area (Å²) in [5.41, 5.74) is 6.82. The molecule has 3 aromatic rings. The number of ether oxygens (including phenoxy) is 1. The number of benzene rings is 1. The van der Waals surface area contributed by atoms with Crippen LogP contribution >= 0.6 is 0 Å². The van der Waals surface area contributed by atoms with Gasteiger partial charge >= 0.3 is 0 Å². The maximum absolute atomic E-state index is 11.8. The molecule has 0 unspecified atom stereocenters. The number of aromatic nitrogens is 3. The Kier molecular flexibility index (Phi) is 3.38. The van der Waals surface area contributed by atoms with Gasteiger partial charge in [0.05, 0.1) is 11.9 Å². The highest BCUT2D eigenvalue weighted by Crippen LogP contribution is 2.10. The lowest BCUT2D eigenvalue weighted by molar-refractivity contribution is -0.118. The zero-order valence-corrected chi connectivity index (χ0v) is 11.1. The lowest BCUT2D eigenvalue weighted by Gasteiger charge is -2.04. The number of amides is 1. The van der Waals surface area contributed by atoms with E-state index < -0.39 is 0 Å². The highest BCUT2D eigenvalue weighted by Gasteiger charge is 2.08. The molecule has 7 heteroatoms. The van der Waals surface area contributed by atoms with Gasteiger partial charge in [-0.2, -0.15) is 4.98 Å². The molecule has 2 aromatic heterocycles. The van der Waals surface area contributed by atoms with E-state index in [-0.39, 0.29) is 18.5 Å². The molecule has 3 N–H and O–H groups in total. The second kappa shape index (κ2) is 5.49. The summed E-state index contributed by atoms with van der Waals surface area (Å²) in [6.07, 6.45) is 1.62. The summed E-state index contributed by atoms with van der Waals surface area (Å²) in [7, 11) is 0. The third-order valence-corrected chi connectivity index (χ3v) is 2.72. The smallest absolute Gasteiger partial charge is 0.264 e. The van der Waals surface area contributed by atoms with Crippen molar-refractivity contribution in [3.8, 4) is 5.75 Å². The molecule has 0 fully saturated rings. The van der Waals surface area contributed by atoms with Gasteiger partial charge in [0.2, 0.25) is 5.95 Å². The second-order valence-corrected chi connectivity index (χ2v) is 4.35. The summed E-state index contributed by atoms with van der Waals surface area (Å²) in [5.74, 6) is 0.508. The van der Waals surface area contributed by atoms with Crippen molar-refractivity contribution in [2.75, 3.05) is 17.7 Å². The molecule has 0 aliphatic rings. The molecule has 0 saturated heterocycles. The van der Waals surface area contributed by atoms with E-state index in [2.05, 4.69) is 15.4 Å². The Labute approximate surface area is 120 Å². The number of nitrogens with zero attached hydrogens (tertiary/aromatic N) is 3. The number of fused-ring (bicyclic) bond motifs is 1. The molecule has 1 aromatic carbocycles. The predicted molar refractivity (Wildman–Crippen MR) is 78.0 cm³/mol. The van der Waals surface area contributed by atoms with Crippen LogP contribution in [0, 0.1) is 0 Å². The number of nitrogen functional groups attached to an aromatic ring is 1. The summed E-state index contributed by atoms with van der Waals surface area (Å²) in [6, 6.07) is 12.5.